The number of anilines is 3. The highest BCUT2D eigenvalue weighted by Gasteiger charge is 2.17. The lowest BCUT2D eigenvalue weighted by Gasteiger charge is -2.27. The van der Waals surface area contributed by atoms with Crippen molar-refractivity contribution in [3.05, 3.63) is 42.0 Å². The summed E-state index contributed by atoms with van der Waals surface area (Å²) in [5, 5.41) is 3.49. The van der Waals surface area contributed by atoms with Crippen LogP contribution in [0.4, 0.5) is 17.5 Å². The zero-order chi connectivity index (χ0) is 22.4. The standard InChI is InChI=1S/C25H38N6/c1-6-20-8-10-21(11-9-20)27-25-28-22-12-13-23(29-24(22)31(25)15-7-14-26)30(16-18(2)3)17-19(4)5/h8-13,18-19H,6-7,14-17,26H2,1-5H3,(H,27,28). The molecular weight excluding hydrogens is 384 g/mol. The van der Waals surface area contributed by atoms with Gasteiger partial charge in [0, 0.05) is 25.3 Å². The van der Waals surface area contributed by atoms with E-state index in [9.17, 15) is 0 Å². The van der Waals surface area contributed by atoms with Gasteiger partial charge >= 0.3 is 0 Å². The van der Waals surface area contributed by atoms with Gasteiger partial charge < -0.3 is 16.0 Å². The normalized spacial score (nSPS) is 11.6. The number of nitrogens with one attached hydrogen (secondary N) is 1. The van der Waals surface area contributed by atoms with E-state index >= 15 is 0 Å². The Labute approximate surface area is 186 Å². The van der Waals surface area contributed by atoms with Gasteiger partial charge in [0.15, 0.2) is 5.65 Å². The van der Waals surface area contributed by atoms with Gasteiger partial charge in [-0.3, -0.25) is 4.57 Å². The van der Waals surface area contributed by atoms with Gasteiger partial charge in [0.05, 0.1) is 0 Å². The first-order chi connectivity index (χ1) is 14.9. The average Bonchev–Trinajstić information content (AvgIpc) is 3.07. The molecule has 2 aromatic heterocycles. The van der Waals surface area contributed by atoms with Gasteiger partial charge in [-0.2, -0.15) is 0 Å². The second kappa shape index (κ2) is 10.6. The lowest BCUT2D eigenvalue weighted by molar-refractivity contribution is 0.549. The Hall–Kier alpha value is -2.60. The summed E-state index contributed by atoms with van der Waals surface area (Å²) in [6, 6.07) is 12.7. The molecule has 3 N–H and O–H groups in total. The number of imidazole rings is 1. The van der Waals surface area contributed by atoms with Crippen LogP contribution in [0.3, 0.4) is 0 Å². The van der Waals surface area contributed by atoms with Gasteiger partial charge in [0.2, 0.25) is 5.95 Å². The largest absolute Gasteiger partial charge is 0.356 e. The highest BCUT2D eigenvalue weighted by Crippen LogP contribution is 2.25. The van der Waals surface area contributed by atoms with E-state index in [0.717, 1.165) is 61.1 Å². The van der Waals surface area contributed by atoms with E-state index in [0.29, 0.717) is 18.4 Å². The number of pyridine rings is 1. The summed E-state index contributed by atoms with van der Waals surface area (Å²) in [7, 11) is 0. The Morgan fingerprint density at radius 1 is 0.968 bits per heavy atom. The third-order valence-electron chi connectivity index (χ3n) is 5.28. The molecule has 3 aromatic rings. The molecule has 0 fully saturated rings. The highest BCUT2D eigenvalue weighted by molar-refractivity contribution is 5.78. The maximum atomic E-state index is 5.83. The van der Waals surface area contributed by atoms with Crippen LogP contribution in [0.5, 0.6) is 0 Å². The zero-order valence-electron chi connectivity index (χ0n) is 19.7. The number of nitrogens with two attached hydrogens (primary N) is 1. The second-order valence-corrected chi connectivity index (χ2v) is 9.11. The van der Waals surface area contributed by atoms with Crippen molar-refractivity contribution in [2.24, 2.45) is 17.6 Å². The van der Waals surface area contributed by atoms with E-state index in [1.807, 2.05) is 0 Å². The second-order valence-electron chi connectivity index (χ2n) is 9.11. The van der Waals surface area contributed by atoms with Gasteiger partial charge in [-0.05, 0) is 61.1 Å². The molecule has 0 aliphatic carbocycles. The number of nitrogens with zero attached hydrogens (tertiary/aromatic N) is 4. The number of benzene rings is 1. The van der Waals surface area contributed by atoms with Crippen LogP contribution in [-0.4, -0.2) is 34.2 Å². The van der Waals surface area contributed by atoms with Crippen LogP contribution in [0.1, 0.15) is 46.6 Å². The fraction of sp³-hybridized carbons (Fsp3) is 0.520. The Balaban J connectivity index is 1.98. The molecule has 31 heavy (non-hydrogen) atoms. The maximum absolute atomic E-state index is 5.83. The number of aromatic nitrogens is 3. The molecular formula is C25H38N6. The summed E-state index contributed by atoms with van der Waals surface area (Å²) < 4.78 is 2.17. The fourth-order valence-electron chi connectivity index (χ4n) is 3.82. The van der Waals surface area contributed by atoms with Crippen molar-refractivity contribution >= 4 is 28.6 Å². The number of rotatable bonds is 11. The zero-order valence-corrected chi connectivity index (χ0v) is 19.7. The summed E-state index contributed by atoms with van der Waals surface area (Å²) in [4.78, 5) is 12.3. The van der Waals surface area contributed by atoms with Crippen LogP contribution in [0.2, 0.25) is 0 Å². The van der Waals surface area contributed by atoms with Crippen LogP contribution in [0.15, 0.2) is 36.4 Å². The van der Waals surface area contributed by atoms with Crippen molar-refractivity contribution in [1.29, 1.82) is 0 Å². The van der Waals surface area contributed by atoms with Crippen LogP contribution in [-0.2, 0) is 13.0 Å². The molecule has 0 bridgehead atoms. The van der Waals surface area contributed by atoms with Gasteiger partial charge in [-0.25, -0.2) is 9.97 Å². The van der Waals surface area contributed by atoms with Crippen molar-refractivity contribution < 1.29 is 0 Å². The van der Waals surface area contributed by atoms with Crippen molar-refractivity contribution in [1.82, 2.24) is 14.5 Å². The molecule has 6 nitrogen and oxygen atoms in total. The molecule has 0 unspecified atom stereocenters. The third kappa shape index (κ3) is 5.97. The molecule has 0 saturated heterocycles. The van der Waals surface area contributed by atoms with E-state index in [1.165, 1.54) is 5.56 Å². The predicted molar refractivity (Wildman–Crippen MR) is 132 cm³/mol. The van der Waals surface area contributed by atoms with Crippen LogP contribution < -0.4 is 16.0 Å². The minimum Gasteiger partial charge on any atom is -0.356 e. The summed E-state index contributed by atoms with van der Waals surface area (Å²) in [6.45, 7) is 14.6. The Morgan fingerprint density at radius 3 is 2.23 bits per heavy atom. The van der Waals surface area contributed by atoms with Gasteiger partial charge in [0.25, 0.3) is 0 Å². The van der Waals surface area contributed by atoms with Gasteiger partial charge in [-0.1, -0.05) is 46.8 Å². The predicted octanol–water partition coefficient (Wildman–Crippen LogP) is 5.20. The van der Waals surface area contributed by atoms with E-state index in [2.05, 4.69) is 85.8 Å². The van der Waals surface area contributed by atoms with Crippen molar-refractivity contribution in [3.63, 3.8) is 0 Å². The molecule has 1 aromatic carbocycles. The number of hydrogen-bond acceptors (Lipinski definition) is 5. The minimum absolute atomic E-state index is 0.571. The minimum atomic E-state index is 0.571. The maximum Gasteiger partial charge on any atom is 0.209 e. The first kappa shape index (κ1) is 23.1. The average molecular weight is 423 g/mol. The van der Waals surface area contributed by atoms with E-state index in [4.69, 9.17) is 15.7 Å². The lowest BCUT2D eigenvalue weighted by Crippen LogP contribution is -2.32. The fourth-order valence-corrected chi connectivity index (χ4v) is 3.82. The lowest BCUT2D eigenvalue weighted by atomic mass is 10.1. The topological polar surface area (TPSA) is 72.0 Å². The van der Waals surface area contributed by atoms with E-state index in [1.54, 1.807) is 0 Å². The molecule has 0 spiro atoms. The molecule has 0 amide bonds. The Morgan fingerprint density at radius 2 is 1.65 bits per heavy atom. The van der Waals surface area contributed by atoms with Crippen LogP contribution >= 0.6 is 0 Å². The SMILES string of the molecule is CCc1ccc(Nc2nc3ccc(N(CC(C)C)CC(C)C)nc3n2CCCN)cc1. The molecule has 0 radical (unpaired) electrons. The molecule has 3 rings (SSSR count). The Bertz CT molecular complexity index is 948. The van der Waals surface area contributed by atoms with Gasteiger partial charge in [-0.15, -0.1) is 0 Å². The Kier molecular flexibility index (Phi) is 7.91. The first-order valence-corrected chi connectivity index (χ1v) is 11.6. The summed E-state index contributed by atoms with van der Waals surface area (Å²) in [6.07, 6.45) is 1.91. The molecule has 2 heterocycles. The molecule has 168 valence electrons. The number of fused-ring (bicyclic) bond motifs is 1. The first-order valence-electron chi connectivity index (χ1n) is 11.6. The summed E-state index contributed by atoms with van der Waals surface area (Å²) in [5.41, 5.74) is 10.0. The smallest absolute Gasteiger partial charge is 0.209 e. The van der Waals surface area contributed by atoms with Crippen molar-refractivity contribution in [2.45, 2.75) is 54.0 Å². The highest BCUT2D eigenvalue weighted by atomic mass is 15.3. The van der Waals surface area contributed by atoms with E-state index in [-0.39, 0.29) is 0 Å². The summed E-state index contributed by atoms with van der Waals surface area (Å²) in [5.74, 6) is 2.97. The van der Waals surface area contributed by atoms with Crippen LogP contribution in [0.25, 0.3) is 11.2 Å². The third-order valence-corrected chi connectivity index (χ3v) is 5.28. The summed E-state index contributed by atoms with van der Waals surface area (Å²) >= 11 is 0. The molecule has 0 aliphatic rings. The number of aryl methyl sites for hydroxylation is 2. The van der Waals surface area contributed by atoms with Crippen molar-refractivity contribution in [3.8, 4) is 0 Å². The van der Waals surface area contributed by atoms with E-state index < -0.39 is 0 Å². The van der Waals surface area contributed by atoms with Crippen molar-refractivity contribution in [2.75, 3.05) is 29.9 Å². The molecule has 0 aliphatic heterocycles. The quantitative estimate of drug-likeness (QED) is 0.444. The molecule has 0 atom stereocenters. The number of hydrogen-bond donors (Lipinski definition) is 2. The van der Waals surface area contributed by atoms with Crippen LogP contribution in [0, 0.1) is 11.8 Å². The van der Waals surface area contributed by atoms with Gasteiger partial charge in [0.1, 0.15) is 11.3 Å². The monoisotopic (exact) mass is 422 g/mol. The molecule has 6 heteroatoms. The molecule has 0 saturated carbocycles.